The van der Waals surface area contributed by atoms with E-state index in [2.05, 4.69) is 4.18 Å². The van der Waals surface area contributed by atoms with E-state index in [1.54, 1.807) is 12.1 Å². The van der Waals surface area contributed by atoms with Crippen LogP contribution in [0, 0.1) is 0 Å². The molecule has 4 nitrogen and oxygen atoms in total. The van der Waals surface area contributed by atoms with Crippen molar-refractivity contribution in [2.24, 2.45) is 0 Å². The zero-order valence-electron chi connectivity index (χ0n) is 14.5. The minimum Gasteiger partial charge on any atom is -0.455 e. The van der Waals surface area contributed by atoms with E-state index in [9.17, 15) is 21.6 Å². The van der Waals surface area contributed by atoms with Gasteiger partial charge in [-0.25, -0.2) is 0 Å². The summed E-state index contributed by atoms with van der Waals surface area (Å²) < 4.78 is 70.6. The zero-order chi connectivity index (χ0) is 20.4. The fourth-order valence-electron chi connectivity index (χ4n) is 3.45. The first kappa shape index (κ1) is 17.8. The average molecular weight is 416 g/mol. The van der Waals surface area contributed by atoms with Crippen molar-refractivity contribution in [3.05, 3.63) is 66.7 Å². The highest BCUT2D eigenvalue weighted by Crippen LogP contribution is 2.37. The molecule has 0 spiro atoms. The molecular formula is C21H11F3O4S. The molecule has 0 aliphatic rings. The van der Waals surface area contributed by atoms with Gasteiger partial charge < -0.3 is 8.60 Å². The monoisotopic (exact) mass is 416 g/mol. The number of furan rings is 1. The molecule has 5 aromatic rings. The Bertz CT molecular complexity index is 1530. The Morgan fingerprint density at radius 3 is 2.31 bits per heavy atom. The third-order valence-corrected chi connectivity index (χ3v) is 5.76. The quantitative estimate of drug-likeness (QED) is 0.257. The number of halogens is 3. The van der Waals surface area contributed by atoms with Gasteiger partial charge in [0.2, 0.25) is 0 Å². The Morgan fingerprint density at radius 2 is 1.52 bits per heavy atom. The number of benzene rings is 4. The second-order valence-electron chi connectivity index (χ2n) is 6.61. The maximum Gasteiger partial charge on any atom is 0.534 e. The van der Waals surface area contributed by atoms with Crippen LogP contribution in [0.2, 0.25) is 0 Å². The number of fused-ring (bicyclic) bond motifs is 6. The molecule has 29 heavy (non-hydrogen) atoms. The summed E-state index contributed by atoms with van der Waals surface area (Å²) in [4.78, 5) is 0. The predicted octanol–water partition coefficient (Wildman–Crippen LogP) is 6.12. The maximum atomic E-state index is 12.6. The SMILES string of the molecule is O=S(=O)(Oc1ccc2cc3oc4c5ccccc5ccc4c3cc2c1)C(F)(F)F. The lowest BCUT2D eigenvalue weighted by Gasteiger charge is -2.10. The summed E-state index contributed by atoms with van der Waals surface area (Å²) in [5.74, 6) is -0.410. The van der Waals surface area contributed by atoms with Crippen LogP contribution >= 0.6 is 0 Å². The van der Waals surface area contributed by atoms with Crippen molar-refractivity contribution in [2.75, 3.05) is 0 Å². The van der Waals surface area contributed by atoms with Crippen molar-refractivity contribution in [2.45, 2.75) is 5.51 Å². The summed E-state index contributed by atoms with van der Waals surface area (Å²) in [6.45, 7) is 0. The van der Waals surface area contributed by atoms with Crippen molar-refractivity contribution in [1.29, 1.82) is 0 Å². The van der Waals surface area contributed by atoms with E-state index in [1.165, 1.54) is 18.2 Å². The molecule has 0 atom stereocenters. The minimum atomic E-state index is -5.73. The van der Waals surface area contributed by atoms with Crippen molar-refractivity contribution in [3.63, 3.8) is 0 Å². The van der Waals surface area contributed by atoms with Gasteiger partial charge in [0.05, 0.1) is 0 Å². The third-order valence-electron chi connectivity index (χ3n) is 4.78. The van der Waals surface area contributed by atoms with Gasteiger partial charge in [-0.3, -0.25) is 0 Å². The van der Waals surface area contributed by atoms with Crippen LogP contribution in [0.15, 0.2) is 71.1 Å². The molecule has 4 aromatic carbocycles. The van der Waals surface area contributed by atoms with Crippen molar-refractivity contribution < 1.29 is 30.2 Å². The minimum absolute atomic E-state index is 0.410. The zero-order valence-corrected chi connectivity index (χ0v) is 15.3. The fraction of sp³-hybridized carbons (Fsp3) is 0.0476. The number of alkyl halides is 3. The Hall–Kier alpha value is -3.26. The summed E-state index contributed by atoms with van der Waals surface area (Å²) in [6.07, 6.45) is 0. The Labute approximate surface area is 162 Å². The van der Waals surface area contributed by atoms with E-state index in [-0.39, 0.29) is 0 Å². The largest absolute Gasteiger partial charge is 0.534 e. The summed E-state index contributed by atoms with van der Waals surface area (Å²) >= 11 is 0. The molecule has 5 rings (SSSR count). The average Bonchev–Trinajstić information content (AvgIpc) is 3.03. The molecule has 0 N–H and O–H groups in total. The van der Waals surface area contributed by atoms with Crippen LogP contribution in [0.3, 0.4) is 0 Å². The maximum absolute atomic E-state index is 12.6. The summed E-state index contributed by atoms with van der Waals surface area (Å²) in [6, 6.07) is 19.1. The molecule has 0 saturated carbocycles. The van der Waals surface area contributed by atoms with E-state index >= 15 is 0 Å². The molecular weight excluding hydrogens is 405 g/mol. The number of hydrogen-bond acceptors (Lipinski definition) is 4. The van der Waals surface area contributed by atoms with Crippen molar-refractivity contribution >= 4 is 53.6 Å². The summed E-state index contributed by atoms with van der Waals surface area (Å²) in [7, 11) is -5.73. The van der Waals surface area contributed by atoms with Gasteiger partial charge in [-0.1, -0.05) is 36.4 Å². The van der Waals surface area contributed by atoms with Crippen LogP contribution in [0.25, 0.3) is 43.5 Å². The van der Waals surface area contributed by atoms with Crippen LogP contribution < -0.4 is 4.18 Å². The second kappa shape index (κ2) is 5.87. The van der Waals surface area contributed by atoms with Crippen LogP contribution in [0.5, 0.6) is 5.75 Å². The summed E-state index contributed by atoms with van der Waals surface area (Å²) in [5.41, 5.74) is -4.15. The predicted molar refractivity (Wildman–Crippen MR) is 104 cm³/mol. The van der Waals surface area contributed by atoms with E-state index in [0.29, 0.717) is 21.9 Å². The van der Waals surface area contributed by atoms with Gasteiger partial charge in [0.1, 0.15) is 16.9 Å². The Kier molecular flexibility index (Phi) is 3.61. The number of hydrogen-bond donors (Lipinski definition) is 0. The lowest BCUT2D eigenvalue weighted by atomic mass is 10.0. The van der Waals surface area contributed by atoms with Gasteiger partial charge in [-0.05, 0) is 46.5 Å². The molecule has 0 unspecified atom stereocenters. The van der Waals surface area contributed by atoms with Gasteiger partial charge in [0, 0.05) is 16.2 Å². The molecule has 146 valence electrons. The molecule has 0 amide bonds. The van der Waals surface area contributed by atoms with Gasteiger partial charge in [-0.2, -0.15) is 21.6 Å². The van der Waals surface area contributed by atoms with Gasteiger partial charge in [0.15, 0.2) is 0 Å². The van der Waals surface area contributed by atoms with Crippen LogP contribution in [0.4, 0.5) is 13.2 Å². The van der Waals surface area contributed by atoms with Crippen LogP contribution in [0.1, 0.15) is 0 Å². The first-order chi connectivity index (χ1) is 13.7. The molecule has 0 aliphatic carbocycles. The van der Waals surface area contributed by atoms with Gasteiger partial charge in [-0.15, -0.1) is 0 Å². The first-order valence-electron chi connectivity index (χ1n) is 8.51. The molecule has 1 aromatic heterocycles. The Morgan fingerprint density at radius 1 is 0.759 bits per heavy atom. The highest BCUT2D eigenvalue weighted by atomic mass is 32.2. The smallest absolute Gasteiger partial charge is 0.455 e. The van der Waals surface area contributed by atoms with Crippen LogP contribution in [-0.4, -0.2) is 13.9 Å². The van der Waals surface area contributed by atoms with E-state index in [0.717, 1.165) is 21.5 Å². The first-order valence-corrected chi connectivity index (χ1v) is 9.92. The fourth-order valence-corrected chi connectivity index (χ4v) is 3.90. The second-order valence-corrected chi connectivity index (χ2v) is 8.14. The van der Waals surface area contributed by atoms with E-state index in [4.69, 9.17) is 4.42 Å². The van der Waals surface area contributed by atoms with Crippen molar-refractivity contribution in [3.8, 4) is 5.75 Å². The number of rotatable bonds is 2. The molecule has 0 fully saturated rings. The standard InChI is InChI=1S/C21H11F3O4S/c22-21(23,24)29(25,26)28-15-7-5-13-11-19-18(10-14(13)9-15)17-8-6-12-3-1-2-4-16(12)20(17)27-19/h1-11H. The Balaban J connectivity index is 1.71. The molecule has 0 radical (unpaired) electrons. The molecule has 0 saturated heterocycles. The van der Waals surface area contributed by atoms with Crippen LogP contribution in [-0.2, 0) is 10.1 Å². The van der Waals surface area contributed by atoms with Gasteiger partial charge in [0.25, 0.3) is 0 Å². The topological polar surface area (TPSA) is 56.5 Å². The molecule has 8 heteroatoms. The lowest BCUT2D eigenvalue weighted by molar-refractivity contribution is -0.0500. The highest BCUT2D eigenvalue weighted by Gasteiger charge is 2.48. The highest BCUT2D eigenvalue weighted by molar-refractivity contribution is 7.88. The van der Waals surface area contributed by atoms with Crippen molar-refractivity contribution in [1.82, 2.24) is 0 Å². The third kappa shape index (κ3) is 2.79. The lowest BCUT2D eigenvalue weighted by Crippen LogP contribution is -2.28. The molecule has 0 aliphatic heterocycles. The van der Waals surface area contributed by atoms with E-state index < -0.39 is 21.4 Å². The molecule has 0 bridgehead atoms. The van der Waals surface area contributed by atoms with E-state index in [1.807, 2.05) is 36.4 Å². The van der Waals surface area contributed by atoms with Gasteiger partial charge >= 0.3 is 15.6 Å². The molecule has 1 heterocycles. The summed E-state index contributed by atoms with van der Waals surface area (Å²) in [5, 5.41) is 4.81. The normalized spacial score (nSPS) is 12.9.